The smallest absolute Gasteiger partial charge is 0.194 e. The van der Waals surface area contributed by atoms with Crippen molar-refractivity contribution in [3.8, 4) is 12.3 Å². The van der Waals surface area contributed by atoms with Crippen molar-refractivity contribution in [1.82, 2.24) is 14.6 Å². The first kappa shape index (κ1) is 20.8. The number of benzene rings is 1. The Morgan fingerprint density at radius 3 is 2.66 bits per heavy atom. The van der Waals surface area contributed by atoms with E-state index in [1.807, 2.05) is 44.2 Å². The van der Waals surface area contributed by atoms with E-state index in [0.717, 1.165) is 5.56 Å². The number of aliphatic hydroxyl groups excluding tert-OH is 1. The van der Waals surface area contributed by atoms with Crippen LogP contribution in [-0.2, 0) is 16.9 Å². The third-order valence-electron chi connectivity index (χ3n) is 5.28. The van der Waals surface area contributed by atoms with Gasteiger partial charge in [0.1, 0.15) is 17.9 Å². The quantitative estimate of drug-likeness (QED) is 0.506. The van der Waals surface area contributed by atoms with E-state index >= 15 is 0 Å². The van der Waals surface area contributed by atoms with Gasteiger partial charge in [-0.25, -0.2) is 9.50 Å². The number of nitrogens with two attached hydrogens (primary N) is 1. The fourth-order valence-corrected chi connectivity index (χ4v) is 3.53. The van der Waals surface area contributed by atoms with Crippen LogP contribution in [0.3, 0.4) is 0 Å². The monoisotopic (exact) mass is 394 g/mol. The standard InChI is InChI=1S/C22H26N4O3/c1-4-18(27)15(3)20(29-13-16-9-7-6-8-10-16)22(28,5-2)19-12-11-17-21(23)24-14-25-26(17)19/h2,6-12,14-15,18,20,27-28H,4,13H2,1,3H3,(H2,23,24,25)/t15-,18-,20-,22?/m1/s1. The first-order valence-electron chi connectivity index (χ1n) is 9.54. The molecule has 7 heteroatoms. The minimum absolute atomic E-state index is 0.233. The minimum atomic E-state index is -1.85. The molecule has 7 nitrogen and oxygen atoms in total. The molecule has 0 fully saturated rings. The van der Waals surface area contributed by atoms with Crippen molar-refractivity contribution in [2.24, 2.45) is 5.92 Å². The molecule has 4 N–H and O–H groups in total. The van der Waals surface area contributed by atoms with Crippen LogP contribution in [0.5, 0.6) is 0 Å². The Morgan fingerprint density at radius 2 is 2.00 bits per heavy atom. The summed E-state index contributed by atoms with van der Waals surface area (Å²) in [5.74, 6) is 2.31. The van der Waals surface area contributed by atoms with Gasteiger partial charge in [0.2, 0.25) is 0 Å². The van der Waals surface area contributed by atoms with Crippen LogP contribution in [0, 0.1) is 18.3 Å². The van der Waals surface area contributed by atoms with Crippen molar-refractivity contribution in [3.05, 3.63) is 60.0 Å². The molecule has 0 aliphatic carbocycles. The molecule has 0 radical (unpaired) electrons. The van der Waals surface area contributed by atoms with Gasteiger partial charge in [0.25, 0.3) is 0 Å². The molecule has 0 saturated carbocycles. The van der Waals surface area contributed by atoms with Crippen LogP contribution in [0.15, 0.2) is 48.8 Å². The fraction of sp³-hybridized carbons (Fsp3) is 0.364. The highest BCUT2D eigenvalue weighted by molar-refractivity contribution is 5.66. The van der Waals surface area contributed by atoms with Gasteiger partial charge in [-0.05, 0) is 24.1 Å². The van der Waals surface area contributed by atoms with Gasteiger partial charge in [-0.15, -0.1) is 6.42 Å². The molecule has 3 rings (SSSR count). The van der Waals surface area contributed by atoms with Crippen molar-refractivity contribution < 1.29 is 14.9 Å². The van der Waals surface area contributed by atoms with Crippen molar-refractivity contribution in [2.75, 3.05) is 5.73 Å². The second-order valence-corrected chi connectivity index (χ2v) is 7.12. The SMILES string of the molecule is C#CC(O)(c1ccc2c(N)ncnn12)[C@H](OCc1ccccc1)[C@H](C)[C@H](O)CC. The summed E-state index contributed by atoms with van der Waals surface area (Å²) in [5.41, 5.74) is 5.86. The number of terminal acetylenes is 1. The first-order chi connectivity index (χ1) is 13.9. The number of rotatable bonds is 8. The summed E-state index contributed by atoms with van der Waals surface area (Å²) in [5, 5.41) is 26.3. The molecule has 29 heavy (non-hydrogen) atoms. The van der Waals surface area contributed by atoms with Gasteiger partial charge in [0, 0.05) is 5.92 Å². The largest absolute Gasteiger partial charge is 0.393 e. The number of hydrogen-bond donors (Lipinski definition) is 3. The highest BCUT2D eigenvalue weighted by Gasteiger charge is 2.45. The second-order valence-electron chi connectivity index (χ2n) is 7.12. The maximum Gasteiger partial charge on any atom is 0.194 e. The van der Waals surface area contributed by atoms with Gasteiger partial charge in [-0.2, -0.15) is 5.10 Å². The number of aromatic nitrogens is 3. The van der Waals surface area contributed by atoms with Gasteiger partial charge in [0.05, 0.1) is 18.4 Å². The van der Waals surface area contributed by atoms with E-state index in [1.54, 1.807) is 12.1 Å². The molecule has 2 heterocycles. The van der Waals surface area contributed by atoms with E-state index in [2.05, 4.69) is 16.0 Å². The predicted molar refractivity (Wildman–Crippen MR) is 111 cm³/mol. The average molecular weight is 394 g/mol. The average Bonchev–Trinajstić information content (AvgIpc) is 3.19. The maximum atomic E-state index is 11.6. The summed E-state index contributed by atoms with van der Waals surface area (Å²) in [6.45, 7) is 3.91. The molecule has 3 aromatic rings. The van der Waals surface area contributed by atoms with Gasteiger partial charge in [-0.1, -0.05) is 50.1 Å². The molecular weight excluding hydrogens is 368 g/mol. The van der Waals surface area contributed by atoms with Crippen LogP contribution in [0.2, 0.25) is 0 Å². The third kappa shape index (κ3) is 3.96. The lowest BCUT2D eigenvalue weighted by molar-refractivity contribution is -0.134. The number of nitrogen functional groups attached to an aromatic ring is 1. The van der Waals surface area contributed by atoms with Crippen molar-refractivity contribution in [3.63, 3.8) is 0 Å². The van der Waals surface area contributed by atoms with E-state index in [4.69, 9.17) is 16.9 Å². The zero-order valence-corrected chi connectivity index (χ0v) is 16.6. The third-order valence-corrected chi connectivity index (χ3v) is 5.28. The normalized spacial score (nSPS) is 16.7. The first-order valence-corrected chi connectivity index (χ1v) is 9.54. The topological polar surface area (TPSA) is 106 Å². The number of nitrogens with zero attached hydrogens (tertiary/aromatic N) is 3. The van der Waals surface area contributed by atoms with Gasteiger partial charge in [-0.3, -0.25) is 0 Å². The Balaban J connectivity index is 2.04. The lowest BCUT2D eigenvalue weighted by Gasteiger charge is -2.37. The van der Waals surface area contributed by atoms with Crippen LogP contribution in [-0.4, -0.2) is 37.0 Å². The van der Waals surface area contributed by atoms with Crippen LogP contribution in [0.4, 0.5) is 5.82 Å². The molecule has 0 spiro atoms. The zero-order valence-electron chi connectivity index (χ0n) is 16.6. The minimum Gasteiger partial charge on any atom is -0.393 e. The summed E-state index contributed by atoms with van der Waals surface area (Å²) in [4.78, 5) is 3.97. The predicted octanol–water partition coefficient (Wildman–Crippen LogP) is 2.12. The fourth-order valence-electron chi connectivity index (χ4n) is 3.53. The van der Waals surface area contributed by atoms with E-state index in [1.165, 1.54) is 10.8 Å². The molecule has 2 aromatic heterocycles. The Morgan fingerprint density at radius 1 is 1.28 bits per heavy atom. The molecule has 0 aliphatic heterocycles. The number of aliphatic hydroxyl groups is 2. The molecule has 4 atom stereocenters. The van der Waals surface area contributed by atoms with E-state index in [9.17, 15) is 10.2 Å². The van der Waals surface area contributed by atoms with Gasteiger partial charge < -0.3 is 20.7 Å². The highest BCUT2D eigenvalue weighted by Crippen LogP contribution is 2.35. The molecule has 1 aromatic carbocycles. The lowest BCUT2D eigenvalue weighted by atomic mass is 9.82. The molecule has 0 aliphatic rings. The molecule has 0 bridgehead atoms. The van der Waals surface area contributed by atoms with Gasteiger partial charge in [0.15, 0.2) is 11.4 Å². The summed E-state index contributed by atoms with van der Waals surface area (Å²) in [6.07, 6.45) is 6.02. The highest BCUT2D eigenvalue weighted by atomic mass is 16.5. The molecule has 0 amide bonds. The van der Waals surface area contributed by atoms with Crippen molar-refractivity contribution in [2.45, 2.75) is 44.7 Å². The Labute approximate surface area is 170 Å². The molecule has 152 valence electrons. The van der Waals surface area contributed by atoms with Crippen molar-refractivity contribution >= 4 is 11.3 Å². The van der Waals surface area contributed by atoms with Crippen LogP contribution >= 0.6 is 0 Å². The second kappa shape index (κ2) is 8.62. The Hall–Kier alpha value is -2.92. The lowest BCUT2D eigenvalue weighted by Crippen LogP contribution is -2.48. The van der Waals surface area contributed by atoms with Crippen LogP contribution < -0.4 is 5.73 Å². The number of hydrogen-bond acceptors (Lipinski definition) is 6. The number of anilines is 1. The summed E-state index contributed by atoms with van der Waals surface area (Å²) >= 11 is 0. The zero-order chi connectivity index (χ0) is 21.0. The van der Waals surface area contributed by atoms with E-state index < -0.39 is 23.7 Å². The van der Waals surface area contributed by atoms with Crippen LogP contribution in [0.25, 0.3) is 5.52 Å². The van der Waals surface area contributed by atoms with E-state index in [0.29, 0.717) is 17.6 Å². The van der Waals surface area contributed by atoms with Gasteiger partial charge >= 0.3 is 0 Å². The molecule has 0 saturated heterocycles. The number of ether oxygens (including phenoxy) is 1. The summed E-state index contributed by atoms with van der Waals surface area (Å²) in [7, 11) is 0. The van der Waals surface area contributed by atoms with Crippen molar-refractivity contribution in [1.29, 1.82) is 0 Å². The van der Waals surface area contributed by atoms with E-state index in [-0.39, 0.29) is 12.4 Å². The summed E-state index contributed by atoms with van der Waals surface area (Å²) in [6, 6.07) is 12.9. The summed E-state index contributed by atoms with van der Waals surface area (Å²) < 4.78 is 7.60. The molecular formula is C22H26N4O3. The molecule has 1 unspecified atom stereocenters. The Bertz CT molecular complexity index is 998. The number of fused-ring (bicyclic) bond motifs is 1. The Kier molecular flexibility index (Phi) is 6.18. The van der Waals surface area contributed by atoms with Crippen LogP contribution in [0.1, 0.15) is 31.5 Å². The maximum absolute atomic E-state index is 11.6.